The second-order valence-electron chi connectivity index (χ2n) is 7.54. The number of hydrogen-bond acceptors (Lipinski definition) is 3. The van der Waals surface area contributed by atoms with Gasteiger partial charge in [-0.25, -0.2) is 4.79 Å². The molecule has 1 aliphatic rings. The molecule has 1 N–H and O–H groups in total. The Morgan fingerprint density at radius 3 is 2.13 bits per heavy atom. The summed E-state index contributed by atoms with van der Waals surface area (Å²) in [5, 5.41) is 3.22. The highest BCUT2D eigenvalue weighted by Gasteiger charge is 2.29. The predicted molar refractivity (Wildman–Crippen MR) is 93.3 cm³/mol. The Morgan fingerprint density at radius 2 is 1.70 bits per heavy atom. The molecule has 1 rings (SSSR count). The molecule has 0 unspecified atom stereocenters. The average molecular weight is 326 g/mol. The van der Waals surface area contributed by atoms with Crippen LogP contribution < -0.4 is 5.32 Å². The van der Waals surface area contributed by atoms with Crippen LogP contribution in [-0.2, 0) is 4.79 Å². The van der Waals surface area contributed by atoms with Gasteiger partial charge in [-0.15, -0.1) is 0 Å². The summed E-state index contributed by atoms with van der Waals surface area (Å²) in [6.07, 6.45) is 2.49. The van der Waals surface area contributed by atoms with Crippen LogP contribution in [0.25, 0.3) is 0 Å². The number of piperidine rings is 1. The number of amides is 3. The Kier molecular flexibility index (Phi) is 7.82. The zero-order valence-electron chi connectivity index (χ0n) is 15.6. The van der Waals surface area contributed by atoms with Gasteiger partial charge in [0.2, 0.25) is 5.91 Å². The Hall–Kier alpha value is -1.30. The van der Waals surface area contributed by atoms with Gasteiger partial charge in [-0.1, -0.05) is 13.8 Å². The van der Waals surface area contributed by atoms with Crippen LogP contribution in [0.15, 0.2) is 0 Å². The quantitative estimate of drug-likeness (QED) is 0.804. The van der Waals surface area contributed by atoms with E-state index in [1.165, 1.54) is 0 Å². The zero-order valence-corrected chi connectivity index (χ0v) is 15.6. The van der Waals surface area contributed by atoms with E-state index in [1.54, 1.807) is 19.0 Å². The maximum Gasteiger partial charge on any atom is 0.319 e. The lowest BCUT2D eigenvalue weighted by Gasteiger charge is -2.34. The number of likely N-dealkylation sites (tertiary alicyclic amines) is 1. The normalized spacial score (nSPS) is 17.5. The van der Waals surface area contributed by atoms with Crippen LogP contribution in [0.4, 0.5) is 4.79 Å². The van der Waals surface area contributed by atoms with Crippen LogP contribution in [0, 0.1) is 11.8 Å². The zero-order chi connectivity index (χ0) is 17.6. The van der Waals surface area contributed by atoms with Gasteiger partial charge >= 0.3 is 6.03 Å². The standard InChI is InChI=1S/C17H34N4O2/c1-13(2)11-15(12-19(3)4)18-16(22)14-7-9-21(10-8-14)17(23)20(5)6/h13-15H,7-12H2,1-6H3,(H,18,22)/t15-/m1/s1. The van der Waals surface area contributed by atoms with Gasteiger partial charge in [0, 0.05) is 45.7 Å². The Bertz CT molecular complexity index is 378. The summed E-state index contributed by atoms with van der Waals surface area (Å²) in [7, 11) is 7.59. The molecule has 1 heterocycles. The van der Waals surface area contributed by atoms with Crippen LogP contribution in [0.5, 0.6) is 0 Å². The molecule has 0 radical (unpaired) electrons. The minimum atomic E-state index is 0.0260. The monoisotopic (exact) mass is 326 g/mol. The SMILES string of the molecule is CC(C)C[C@H](CN(C)C)NC(=O)C1CCN(C(=O)N(C)C)CC1. The van der Waals surface area contributed by atoms with E-state index >= 15 is 0 Å². The topological polar surface area (TPSA) is 55.9 Å². The van der Waals surface area contributed by atoms with Crippen LogP contribution in [0.1, 0.15) is 33.1 Å². The molecule has 0 saturated carbocycles. The highest BCUT2D eigenvalue weighted by atomic mass is 16.2. The third kappa shape index (κ3) is 6.77. The van der Waals surface area contributed by atoms with E-state index in [9.17, 15) is 9.59 Å². The molecule has 1 atom stereocenters. The smallest absolute Gasteiger partial charge is 0.319 e. The van der Waals surface area contributed by atoms with E-state index in [2.05, 4.69) is 24.1 Å². The van der Waals surface area contributed by atoms with Gasteiger partial charge in [0.25, 0.3) is 0 Å². The van der Waals surface area contributed by atoms with Crippen LogP contribution in [0.3, 0.4) is 0 Å². The van der Waals surface area contributed by atoms with Crippen molar-refractivity contribution < 1.29 is 9.59 Å². The largest absolute Gasteiger partial charge is 0.352 e. The maximum atomic E-state index is 12.5. The second-order valence-corrected chi connectivity index (χ2v) is 7.54. The van der Waals surface area contributed by atoms with Crippen molar-refractivity contribution in [1.82, 2.24) is 20.0 Å². The minimum Gasteiger partial charge on any atom is -0.352 e. The fraction of sp³-hybridized carbons (Fsp3) is 0.882. The number of urea groups is 1. The average Bonchev–Trinajstić information content (AvgIpc) is 2.45. The van der Waals surface area contributed by atoms with Gasteiger partial charge < -0.3 is 20.0 Å². The number of carbonyl (C=O) groups is 2. The summed E-state index contributed by atoms with van der Waals surface area (Å²) in [6, 6.07) is 0.230. The first-order chi connectivity index (χ1) is 10.7. The van der Waals surface area contributed by atoms with E-state index in [-0.39, 0.29) is 23.9 Å². The minimum absolute atomic E-state index is 0.0260. The predicted octanol–water partition coefficient (Wildman–Crippen LogP) is 1.47. The lowest BCUT2D eigenvalue weighted by atomic mass is 9.95. The summed E-state index contributed by atoms with van der Waals surface area (Å²) >= 11 is 0. The molecule has 3 amide bonds. The molecule has 0 aromatic rings. The van der Waals surface area contributed by atoms with Crippen LogP contribution in [-0.4, -0.2) is 80.5 Å². The second kappa shape index (κ2) is 9.11. The fourth-order valence-electron chi connectivity index (χ4n) is 3.12. The molecule has 1 aliphatic heterocycles. The molecular formula is C17H34N4O2. The van der Waals surface area contributed by atoms with Crippen molar-refractivity contribution in [1.29, 1.82) is 0 Å². The van der Waals surface area contributed by atoms with Crippen molar-refractivity contribution in [2.24, 2.45) is 11.8 Å². The summed E-state index contributed by atoms with van der Waals surface area (Å²) in [4.78, 5) is 30.0. The molecule has 6 nitrogen and oxygen atoms in total. The Morgan fingerprint density at radius 1 is 1.13 bits per heavy atom. The first kappa shape index (κ1) is 19.7. The highest BCUT2D eigenvalue weighted by Crippen LogP contribution is 2.19. The molecule has 0 aromatic heterocycles. The van der Waals surface area contributed by atoms with Gasteiger partial charge in [-0.3, -0.25) is 4.79 Å². The molecule has 1 saturated heterocycles. The number of likely N-dealkylation sites (N-methyl/N-ethyl adjacent to an activating group) is 1. The van der Waals surface area contributed by atoms with Crippen LogP contribution >= 0.6 is 0 Å². The molecule has 0 bridgehead atoms. The van der Waals surface area contributed by atoms with E-state index < -0.39 is 0 Å². The molecule has 0 aliphatic carbocycles. The van der Waals surface area contributed by atoms with Gasteiger partial charge in [0.15, 0.2) is 0 Å². The Labute approximate surface area is 141 Å². The van der Waals surface area contributed by atoms with Crippen molar-refractivity contribution in [3.63, 3.8) is 0 Å². The number of hydrogen-bond donors (Lipinski definition) is 1. The molecule has 0 aromatic carbocycles. The fourth-order valence-corrected chi connectivity index (χ4v) is 3.12. The van der Waals surface area contributed by atoms with Crippen molar-refractivity contribution >= 4 is 11.9 Å². The van der Waals surface area contributed by atoms with E-state index in [0.29, 0.717) is 19.0 Å². The summed E-state index contributed by atoms with van der Waals surface area (Å²) in [5.74, 6) is 0.729. The van der Waals surface area contributed by atoms with Crippen LogP contribution in [0.2, 0.25) is 0 Å². The first-order valence-electron chi connectivity index (χ1n) is 8.62. The number of nitrogens with one attached hydrogen (secondary N) is 1. The lowest BCUT2D eigenvalue weighted by Crippen LogP contribution is -2.49. The van der Waals surface area contributed by atoms with Crippen molar-refractivity contribution in [3.8, 4) is 0 Å². The molecular weight excluding hydrogens is 292 g/mol. The molecule has 1 fully saturated rings. The molecule has 6 heteroatoms. The maximum absolute atomic E-state index is 12.5. The summed E-state index contributed by atoms with van der Waals surface area (Å²) < 4.78 is 0. The molecule has 0 spiro atoms. The van der Waals surface area contributed by atoms with E-state index in [1.807, 2.05) is 19.0 Å². The first-order valence-corrected chi connectivity index (χ1v) is 8.62. The van der Waals surface area contributed by atoms with Crippen molar-refractivity contribution in [3.05, 3.63) is 0 Å². The number of carbonyl (C=O) groups excluding carboxylic acids is 2. The van der Waals surface area contributed by atoms with Gasteiger partial charge in [0.05, 0.1) is 0 Å². The summed E-state index contributed by atoms with van der Waals surface area (Å²) in [6.45, 7) is 6.55. The van der Waals surface area contributed by atoms with Gasteiger partial charge in [-0.05, 0) is 39.3 Å². The molecule has 23 heavy (non-hydrogen) atoms. The third-order valence-corrected chi connectivity index (χ3v) is 4.21. The number of nitrogens with zero attached hydrogens (tertiary/aromatic N) is 3. The highest BCUT2D eigenvalue weighted by molar-refractivity contribution is 5.80. The van der Waals surface area contributed by atoms with E-state index in [4.69, 9.17) is 0 Å². The lowest BCUT2D eigenvalue weighted by molar-refractivity contribution is -0.127. The van der Waals surface area contributed by atoms with Gasteiger partial charge in [-0.2, -0.15) is 0 Å². The van der Waals surface area contributed by atoms with Crippen molar-refractivity contribution in [2.75, 3.05) is 47.8 Å². The molecule has 134 valence electrons. The van der Waals surface area contributed by atoms with E-state index in [0.717, 1.165) is 25.8 Å². The number of rotatable bonds is 6. The summed E-state index contributed by atoms with van der Waals surface area (Å²) in [5.41, 5.74) is 0. The Balaban J connectivity index is 2.50. The van der Waals surface area contributed by atoms with Gasteiger partial charge in [0.1, 0.15) is 0 Å². The third-order valence-electron chi connectivity index (χ3n) is 4.21. The van der Waals surface area contributed by atoms with Crippen molar-refractivity contribution in [2.45, 2.75) is 39.2 Å².